The van der Waals surface area contributed by atoms with Crippen LogP contribution >= 0.6 is 0 Å². The van der Waals surface area contributed by atoms with E-state index >= 15 is 0 Å². The van der Waals surface area contributed by atoms with E-state index in [4.69, 9.17) is 5.11 Å². The van der Waals surface area contributed by atoms with Gasteiger partial charge in [-0.25, -0.2) is 0 Å². The molecule has 118 valence electrons. The largest absolute Gasteiger partial charge is 0.416 e. The Morgan fingerprint density at radius 2 is 1.90 bits per heavy atom. The van der Waals surface area contributed by atoms with E-state index in [0.29, 0.717) is 24.9 Å². The molecule has 21 heavy (non-hydrogen) atoms. The maximum absolute atomic E-state index is 12.4. The minimum Gasteiger partial charge on any atom is -0.396 e. The van der Waals surface area contributed by atoms with Gasteiger partial charge in [-0.15, -0.1) is 0 Å². The summed E-state index contributed by atoms with van der Waals surface area (Å²) in [5.74, 6) is 0.0599. The van der Waals surface area contributed by atoms with E-state index in [-0.39, 0.29) is 24.9 Å². The van der Waals surface area contributed by atoms with Crippen LogP contribution in [0.1, 0.15) is 30.9 Å². The van der Waals surface area contributed by atoms with Crippen molar-refractivity contribution in [1.82, 2.24) is 5.32 Å². The lowest BCUT2D eigenvalue weighted by atomic mass is 10.1. The Morgan fingerprint density at radius 1 is 1.29 bits per heavy atom. The topological polar surface area (TPSA) is 49.3 Å². The van der Waals surface area contributed by atoms with Crippen LogP contribution in [0.3, 0.4) is 0 Å². The van der Waals surface area contributed by atoms with Crippen molar-refractivity contribution in [2.45, 2.75) is 32.4 Å². The molecule has 0 radical (unpaired) electrons. The van der Waals surface area contributed by atoms with Gasteiger partial charge in [0.2, 0.25) is 5.91 Å². The minimum absolute atomic E-state index is 0.0859. The lowest BCUT2D eigenvalue weighted by Gasteiger charge is -2.11. The molecule has 0 fully saturated rings. The van der Waals surface area contributed by atoms with Crippen LogP contribution in [0, 0.1) is 5.92 Å². The maximum atomic E-state index is 12.4. The van der Waals surface area contributed by atoms with Crippen LogP contribution in [0.5, 0.6) is 0 Å². The molecule has 0 bridgehead atoms. The Morgan fingerprint density at radius 3 is 2.43 bits per heavy atom. The molecule has 1 unspecified atom stereocenters. The molecule has 0 heterocycles. The number of amides is 1. The number of halogens is 3. The Labute approximate surface area is 122 Å². The van der Waals surface area contributed by atoms with Crippen LogP contribution in [0.4, 0.5) is 13.2 Å². The lowest BCUT2D eigenvalue weighted by molar-refractivity contribution is -0.137. The second-order valence-corrected chi connectivity index (χ2v) is 5.12. The normalized spacial score (nSPS) is 13.0. The van der Waals surface area contributed by atoms with Crippen molar-refractivity contribution in [3.05, 3.63) is 35.4 Å². The summed E-state index contributed by atoms with van der Waals surface area (Å²) in [5.41, 5.74) is 0.00934. The predicted molar refractivity (Wildman–Crippen MR) is 73.6 cm³/mol. The molecule has 2 N–H and O–H groups in total. The van der Waals surface area contributed by atoms with Crippen LogP contribution in [-0.4, -0.2) is 24.2 Å². The molecule has 1 amide bonds. The average Bonchev–Trinajstić information content (AvgIpc) is 2.43. The summed E-state index contributed by atoms with van der Waals surface area (Å²) in [7, 11) is 0. The van der Waals surface area contributed by atoms with Crippen molar-refractivity contribution in [3.63, 3.8) is 0 Å². The van der Waals surface area contributed by atoms with Crippen LogP contribution in [0.15, 0.2) is 24.3 Å². The summed E-state index contributed by atoms with van der Waals surface area (Å²) in [6, 6.07) is 4.84. The number of carbonyl (C=O) groups is 1. The number of aliphatic hydroxyl groups is 1. The molecule has 0 aromatic heterocycles. The number of carbonyl (C=O) groups excluding carboxylic acids is 1. The van der Waals surface area contributed by atoms with Crippen molar-refractivity contribution in [3.8, 4) is 0 Å². The van der Waals surface area contributed by atoms with Crippen molar-refractivity contribution >= 4 is 5.91 Å². The number of aliphatic hydroxyl groups excluding tert-OH is 1. The third-order valence-corrected chi connectivity index (χ3v) is 3.19. The SMILES string of the molecule is CC(CCO)CNC(=O)CCc1ccc(C(F)(F)F)cc1. The quantitative estimate of drug-likeness (QED) is 0.814. The molecule has 0 aliphatic carbocycles. The number of nitrogens with one attached hydrogen (secondary N) is 1. The molecule has 6 heteroatoms. The molecule has 0 saturated heterocycles. The Balaban J connectivity index is 2.36. The number of hydrogen-bond acceptors (Lipinski definition) is 2. The van der Waals surface area contributed by atoms with E-state index in [9.17, 15) is 18.0 Å². The molecule has 0 spiro atoms. The van der Waals surface area contributed by atoms with Gasteiger partial charge in [0.15, 0.2) is 0 Å². The second-order valence-electron chi connectivity index (χ2n) is 5.12. The van der Waals surface area contributed by atoms with E-state index in [1.807, 2.05) is 6.92 Å². The van der Waals surface area contributed by atoms with E-state index < -0.39 is 11.7 Å². The van der Waals surface area contributed by atoms with Gasteiger partial charge >= 0.3 is 6.18 Å². The first-order valence-corrected chi connectivity index (χ1v) is 6.86. The summed E-state index contributed by atoms with van der Waals surface area (Å²) in [5, 5.41) is 11.5. The van der Waals surface area contributed by atoms with Crippen LogP contribution in [0.2, 0.25) is 0 Å². The van der Waals surface area contributed by atoms with Crippen LogP contribution < -0.4 is 5.32 Å². The molecule has 3 nitrogen and oxygen atoms in total. The smallest absolute Gasteiger partial charge is 0.396 e. The highest BCUT2D eigenvalue weighted by molar-refractivity contribution is 5.76. The first-order chi connectivity index (χ1) is 9.82. The van der Waals surface area contributed by atoms with Gasteiger partial charge in [-0.2, -0.15) is 13.2 Å². The molecular weight excluding hydrogens is 283 g/mol. The molecule has 1 aromatic rings. The number of aryl methyl sites for hydroxylation is 1. The average molecular weight is 303 g/mol. The monoisotopic (exact) mass is 303 g/mol. The van der Waals surface area contributed by atoms with E-state index in [2.05, 4.69) is 5.32 Å². The van der Waals surface area contributed by atoms with Gasteiger partial charge < -0.3 is 10.4 Å². The fraction of sp³-hybridized carbons (Fsp3) is 0.533. The molecule has 1 aromatic carbocycles. The summed E-state index contributed by atoms with van der Waals surface area (Å²) in [6.07, 6.45) is -3.08. The van der Waals surface area contributed by atoms with Crippen molar-refractivity contribution in [2.75, 3.05) is 13.2 Å². The molecule has 1 atom stereocenters. The molecule has 0 aliphatic rings. The van der Waals surface area contributed by atoms with Gasteiger partial charge in [-0.05, 0) is 36.5 Å². The highest BCUT2D eigenvalue weighted by Crippen LogP contribution is 2.29. The number of alkyl halides is 3. The van der Waals surface area contributed by atoms with Gasteiger partial charge in [0.25, 0.3) is 0 Å². The van der Waals surface area contributed by atoms with Crippen molar-refractivity contribution < 1.29 is 23.1 Å². The first-order valence-electron chi connectivity index (χ1n) is 6.86. The fourth-order valence-corrected chi connectivity index (χ4v) is 1.82. The van der Waals surface area contributed by atoms with Crippen molar-refractivity contribution in [2.24, 2.45) is 5.92 Å². The van der Waals surface area contributed by atoms with Crippen molar-refractivity contribution in [1.29, 1.82) is 0 Å². The van der Waals surface area contributed by atoms with E-state index in [1.165, 1.54) is 12.1 Å². The van der Waals surface area contributed by atoms with Gasteiger partial charge in [0.1, 0.15) is 0 Å². The fourth-order valence-electron chi connectivity index (χ4n) is 1.82. The number of rotatable bonds is 7. The summed E-state index contributed by atoms with van der Waals surface area (Å²) in [6.45, 7) is 2.50. The van der Waals surface area contributed by atoms with Gasteiger partial charge in [-0.1, -0.05) is 19.1 Å². The van der Waals surface area contributed by atoms with Crippen LogP contribution in [-0.2, 0) is 17.4 Å². The molecule has 0 saturated carbocycles. The van der Waals surface area contributed by atoms with E-state index in [0.717, 1.165) is 12.1 Å². The van der Waals surface area contributed by atoms with Gasteiger partial charge in [-0.3, -0.25) is 4.79 Å². The van der Waals surface area contributed by atoms with E-state index in [1.54, 1.807) is 0 Å². The maximum Gasteiger partial charge on any atom is 0.416 e. The zero-order chi connectivity index (χ0) is 15.9. The number of hydrogen-bond donors (Lipinski definition) is 2. The minimum atomic E-state index is -4.33. The lowest BCUT2D eigenvalue weighted by Crippen LogP contribution is -2.28. The molecular formula is C15H20F3NO2. The van der Waals surface area contributed by atoms with Gasteiger partial charge in [0, 0.05) is 19.6 Å². The Bertz CT molecular complexity index is 443. The van der Waals surface area contributed by atoms with Gasteiger partial charge in [0.05, 0.1) is 5.56 Å². The third kappa shape index (κ3) is 6.62. The Kier molecular flexibility index (Phi) is 6.68. The third-order valence-electron chi connectivity index (χ3n) is 3.19. The summed E-state index contributed by atoms with van der Waals surface area (Å²) < 4.78 is 37.2. The summed E-state index contributed by atoms with van der Waals surface area (Å²) >= 11 is 0. The zero-order valence-corrected chi connectivity index (χ0v) is 11.9. The number of benzene rings is 1. The highest BCUT2D eigenvalue weighted by atomic mass is 19.4. The predicted octanol–water partition coefficient (Wildman–Crippen LogP) is 2.77. The van der Waals surface area contributed by atoms with Crippen LogP contribution in [0.25, 0.3) is 0 Å². The molecule has 1 rings (SSSR count). The second kappa shape index (κ2) is 8.02. The summed E-state index contributed by atoms with van der Waals surface area (Å²) in [4.78, 5) is 11.6. The highest BCUT2D eigenvalue weighted by Gasteiger charge is 2.29. The Hall–Kier alpha value is -1.56. The zero-order valence-electron chi connectivity index (χ0n) is 11.9. The molecule has 0 aliphatic heterocycles. The standard InChI is InChI=1S/C15H20F3NO2/c1-11(8-9-20)10-19-14(21)7-4-12-2-5-13(6-3-12)15(16,17)18/h2-3,5-6,11,20H,4,7-10H2,1H3,(H,19,21). The first kappa shape index (κ1) is 17.5.